The topological polar surface area (TPSA) is 75.7 Å². The van der Waals surface area contributed by atoms with Crippen LogP contribution in [0.2, 0.25) is 0 Å². The third kappa shape index (κ3) is 4.01. The number of aryl methyl sites for hydroxylation is 3. The number of hydrogen-bond donors (Lipinski definition) is 2. The summed E-state index contributed by atoms with van der Waals surface area (Å²) in [6, 6.07) is 9.98. The van der Waals surface area contributed by atoms with Crippen molar-refractivity contribution in [2.45, 2.75) is 27.2 Å². The molecule has 0 amide bonds. The van der Waals surface area contributed by atoms with Crippen molar-refractivity contribution in [3.8, 4) is 0 Å². The molecular weight excluding hydrogens is 407 g/mol. The van der Waals surface area contributed by atoms with Crippen molar-refractivity contribution in [3.05, 3.63) is 93.2 Å². The van der Waals surface area contributed by atoms with Gasteiger partial charge in [0.2, 0.25) is 0 Å². The van der Waals surface area contributed by atoms with Crippen molar-refractivity contribution in [2.75, 3.05) is 10.6 Å². The Morgan fingerprint density at radius 1 is 1.09 bits per heavy atom. The number of anilines is 4. The zero-order valence-electron chi connectivity index (χ0n) is 17.9. The summed E-state index contributed by atoms with van der Waals surface area (Å²) in [5.74, 6) is -0.0592. The molecule has 4 rings (SSSR count). The number of nitrogens with one attached hydrogen (secondary N) is 2. The SMILES string of the molecule is [C-]#[N+]c1ccc(Nc2nccc(C)c2Nc2cc(F)c3nc(CC)cc(=O)n3c2)cc1C. The first-order valence-corrected chi connectivity index (χ1v) is 10.1. The van der Waals surface area contributed by atoms with Gasteiger partial charge >= 0.3 is 0 Å². The first-order valence-electron chi connectivity index (χ1n) is 10.1. The quantitative estimate of drug-likeness (QED) is 0.414. The Morgan fingerprint density at radius 3 is 2.62 bits per heavy atom. The second kappa shape index (κ2) is 8.47. The number of aromatic nitrogens is 3. The van der Waals surface area contributed by atoms with Gasteiger partial charge in [-0.15, -0.1) is 0 Å². The molecule has 0 atom stereocenters. The molecule has 32 heavy (non-hydrogen) atoms. The number of halogens is 1. The average molecular weight is 428 g/mol. The lowest BCUT2D eigenvalue weighted by Gasteiger charge is -2.16. The highest BCUT2D eigenvalue weighted by Gasteiger charge is 2.13. The monoisotopic (exact) mass is 428 g/mol. The molecule has 8 heteroatoms. The van der Waals surface area contributed by atoms with Gasteiger partial charge in [-0.1, -0.05) is 13.0 Å². The molecule has 1 aromatic carbocycles. The lowest BCUT2D eigenvalue weighted by atomic mass is 10.1. The van der Waals surface area contributed by atoms with Gasteiger partial charge in [0, 0.05) is 35.9 Å². The van der Waals surface area contributed by atoms with Crippen LogP contribution in [-0.4, -0.2) is 14.4 Å². The highest BCUT2D eigenvalue weighted by atomic mass is 19.1. The Kier molecular flexibility index (Phi) is 5.56. The van der Waals surface area contributed by atoms with Gasteiger partial charge in [0.05, 0.1) is 17.9 Å². The van der Waals surface area contributed by atoms with Crippen molar-refractivity contribution < 1.29 is 4.39 Å². The average Bonchev–Trinajstić information content (AvgIpc) is 2.77. The van der Waals surface area contributed by atoms with Gasteiger partial charge in [-0.05, 0) is 49.6 Å². The molecular formula is C24H21FN6O. The molecule has 0 aliphatic heterocycles. The highest BCUT2D eigenvalue weighted by molar-refractivity contribution is 5.78. The standard InChI is InChI=1S/C24H21FN6O/c1-5-16-12-21(32)31-13-18(11-19(25)24(31)30-16)28-22-14(2)8-9-27-23(22)29-17-6-7-20(26-4)15(3)10-17/h6-13,28H,5H2,1-3H3,(H,27,29). The Hall–Kier alpha value is -4.25. The minimum atomic E-state index is -0.594. The van der Waals surface area contributed by atoms with E-state index in [1.807, 2.05) is 32.9 Å². The van der Waals surface area contributed by atoms with E-state index in [1.165, 1.54) is 22.7 Å². The molecule has 3 heterocycles. The van der Waals surface area contributed by atoms with Crippen LogP contribution in [0.25, 0.3) is 10.5 Å². The van der Waals surface area contributed by atoms with Crippen molar-refractivity contribution in [2.24, 2.45) is 0 Å². The smallest absolute Gasteiger partial charge is 0.258 e. The van der Waals surface area contributed by atoms with Crippen LogP contribution in [0, 0.1) is 26.2 Å². The Balaban J connectivity index is 1.73. The van der Waals surface area contributed by atoms with E-state index in [9.17, 15) is 9.18 Å². The molecule has 0 aliphatic carbocycles. The lowest BCUT2D eigenvalue weighted by molar-refractivity contribution is 0.626. The Labute approximate surface area is 184 Å². The molecule has 0 spiro atoms. The van der Waals surface area contributed by atoms with E-state index in [0.717, 1.165) is 16.8 Å². The Bertz CT molecular complexity index is 1440. The van der Waals surface area contributed by atoms with E-state index in [4.69, 9.17) is 6.57 Å². The lowest BCUT2D eigenvalue weighted by Crippen LogP contribution is -2.17. The fraction of sp³-hybridized carbons (Fsp3) is 0.167. The number of pyridine rings is 2. The summed E-state index contributed by atoms with van der Waals surface area (Å²) in [6.07, 6.45) is 3.74. The zero-order chi connectivity index (χ0) is 22.8. The summed E-state index contributed by atoms with van der Waals surface area (Å²) >= 11 is 0. The fourth-order valence-electron chi connectivity index (χ4n) is 3.41. The molecule has 4 aromatic rings. The minimum absolute atomic E-state index is 0.00321. The molecule has 160 valence electrons. The molecule has 0 unspecified atom stereocenters. The van der Waals surface area contributed by atoms with E-state index in [2.05, 4.69) is 25.4 Å². The second-order valence-electron chi connectivity index (χ2n) is 7.42. The van der Waals surface area contributed by atoms with Crippen LogP contribution in [0.5, 0.6) is 0 Å². The molecule has 0 aliphatic rings. The largest absolute Gasteiger partial charge is 0.351 e. The number of fused-ring (bicyclic) bond motifs is 1. The number of hydrogen-bond acceptors (Lipinski definition) is 5. The van der Waals surface area contributed by atoms with Crippen LogP contribution < -0.4 is 16.2 Å². The third-order valence-electron chi connectivity index (χ3n) is 5.14. The second-order valence-corrected chi connectivity index (χ2v) is 7.42. The van der Waals surface area contributed by atoms with Gasteiger partial charge in [0.15, 0.2) is 23.0 Å². The molecule has 7 nitrogen and oxygen atoms in total. The van der Waals surface area contributed by atoms with Crippen molar-refractivity contribution >= 4 is 34.2 Å². The fourth-order valence-corrected chi connectivity index (χ4v) is 3.41. The number of nitrogens with zero attached hydrogens (tertiary/aromatic N) is 4. The maximum atomic E-state index is 14.8. The van der Waals surface area contributed by atoms with Crippen LogP contribution in [0.1, 0.15) is 23.7 Å². The van der Waals surface area contributed by atoms with Gasteiger partial charge in [-0.3, -0.25) is 9.20 Å². The third-order valence-corrected chi connectivity index (χ3v) is 5.14. The van der Waals surface area contributed by atoms with E-state index < -0.39 is 5.82 Å². The summed E-state index contributed by atoms with van der Waals surface area (Å²) in [6.45, 7) is 12.8. The van der Waals surface area contributed by atoms with Crippen LogP contribution in [0.3, 0.4) is 0 Å². The summed E-state index contributed by atoms with van der Waals surface area (Å²) in [7, 11) is 0. The first kappa shape index (κ1) is 21.0. The van der Waals surface area contributed by atoms with Gasteiger partial charge in [-0.25, -0.2) is 19.2 Å². The van der Waals surface area contributed by atoms with Gasteiger partial charge in [0.1, 0.15) is 0 Å². The van der Waals surface area contributed by atoms with E-state index in [0.29, 0.717) is 35.0 Å². The zero-order valence-corrected chi connectivity index (χ0v) is 17.9. The van der Waals surface area contributed by atoms with E-state index in [-0.39, 0.29) is 11.2 Å². The summed E-state index contributed by atoms with van der Waals surface area (Å²) in [4.78, 5) is 24.6. The summed E-state index contributed by atoms with van der Waals surface area (Å²) in [5.41, 5.74) is 4.32. The summed E-state index contributed by atoms with van der Waals surface area (Å²) < 4.78 is 16.0. The minimum Gasteiger partial charge on any atom is -0.351 e. The molecule has 0 fully saturated rings. The van der Waals surface area contributed by atoms with E-state index >= 15 is 0 Å². The molecule has 0 saturated carbocycles. The van der Waals surface area contributed by atoms with Gasteiger partial charge in [-0.2, -0.15) is 0 Å². The van der Waals surface area contributed by atoms with Crippen LogP contribution in [0.15, 0.2) is 53.6 Å². The normalized spacial score (nSPS) is 10.7. The van der Waals surface area contributed by atoms with Crippen LogP contribution >= 0.6 is 0 Å². The molecule has 0 saturated heterocycles. The van der Waals surface area contributed by atoms with Crippen LogP contribution in [0.4, 0.5) is 33.0 Å². The van der Waals surface area contributed by atoms with Crippen molar-refractivity contribution in [1.82, 2.24) is 14.4 Å². The van der Waals surface area contributed by atoms with Crippen molar-refractivity contribution in [1.29, 1.82) is 0 Å². The van der Waals surface area contributed by atoms with E-state index in [1.54, 1.807) is 18.3 Å². The predicted molar refractivity (Wildman–Crippen MR) is 124 cm³/mol. The number of benzene rings is 1. The maximum absolute atomic E-state index is 14.8. The molecule has 0 bridgehead atoms. The summed E-state index contributed by atoms with van der Waals surface area (Å²) in [5, 5.41) is 6.44. The first-order chi connectivity index (χ1) is 15.4. The Morgan fingerprint density at radius 2 is 1.91 bits per heavy atom. The van der Waals surface area contributed by atoms with Gasteiger partial charge in [0.25, 0.3) is 5.56 Å². The van der Waals surface area contributed by atoms with Crippen molar-refractivity contribution in [3.63, 3.8) is 0 Å². The number of rotatable bonds is 5. The molecule has 2 N–H and O–H groups in total. The molecule has 0 radical (unpaired) electrons. The van der Waals surface area contributed by atoms with Crippen LogP contribution in [-0.2, 0) is 6.42 Å². The predicted octanol–water partition coefficient (Wildman–Crippen LogP) is 5.45. The maximum Gasteiger partial charge on any atom is 0.258 e. The van der Waals surface area contributed by atoms with Gasteiger partial charge < -0.3 is 10.6 Å². The molecule has 3 aromatic heterocycles. The highest BCUT2D eigenvalue weighted by Crippen LogP contribution is 2.31.